The van der Waals surface area contributed by atoms with Crippen molar-refractivity contribution in [2.45, 2.75) is 39.0 Å². The average Bonchev–Trinajstić information content (AvgIpc) is 2.69. The van der Waals surface area contributed by atoms with Crippen LogP contribution in [0.25, 0.3) is 0 Å². The van der Waals surface area contributed by atoms with Gasteiger partial charge in [0, 0.05) is 10.8 Å². The number of hydrogen-bond acceptors (Lipinski definition) is 0. The first-order valence-electron chi connectivity index (χ1n) is 6.94. The van der Waals surface area contributed by atoms with E-state index in [0.717, 1.165) is 16.3 Å². The highest BCUT2D eigenvalue weighted by molar-refractivity contribution is 14.1. The van der Waals surface area contributed by atoms with E-state index in [-0.39, 0.29) is 24.0 Å². The molecule has 1 nitrogen and oxygen atoms in total. The molecular weight excluding hydrogens is 448 g/mol. The van der Waals surface area contributed by atoms with E-state index < -0.39 is 0 Å². The standard InChI is InChI=1S/C15H29IN.HI/c1-13(10-11-17(2,3)4)8-9-14-6-5-7-15(14)12-16;/h8,14-15H,5-7,9-12H2,1-4H3;1H/q+1;/p-1/b13-8+;/t14-,15-;/m0./s1. The maximum Gasteiger partial charge on any atom is 0.0818 e. The van der Waals surface area contributed by atoms with Crippen molar-refractivity contribution in [3.63, 3.8) is 0 Å². The molecule has 0 saturated heterocycles. The number of hydrogen-bond donors (Lipinski definition) is 0. The van der Waals surface area contributed by atoms with Gasteiger partial charge in [0.1, 0.15) is 0 Å². The predicted molar refractivity (Wildman–Crippen MR) is 85.6 cm³/mol. The van der Waals surface area contributed by atoms with Gasteiger partial charge in [-0.2, -0.15) is 0 Å². The van der Waals surface area contributed by atoms with E-state index in [1.165, 1.54) is 43.1 Å². The topological polar surface area (TPSA) is 0 Å². The van der Waals surface area contributed by atoms with E-state index in [1.54, 1.807) is 5.57 Å². The lowest BCUT2D eigenvalue weighted by Crippen LogP contribution is -3.00. The fourth-order valence-electron chi connectivity index (χ4n) is 2.59. The number of quaternary nitrogens is 1. The molecule has 0 heterocycles. The van der Waals surface area contributed by atoms with Gasteiger partial charge in [-0.15, -0.1) is 0 Å². The summed E-state index contributed by atoms with van der Waals surface area (Å²) in [5.41, 5.74) is 1.59. The Morgan fingerprint density at radius 2 is 1.83 bits per heavy atom. The van der Waals surface area contributed by atoms with E-state index >= 15 is 0 Å². The zero-order chi connectivity index (χ0) is 12.9. The molecule has 0 aromatic heterocycles. The molecule has 1 aliphatic rings. The first-order chi connectivity index (χ1) is 7.92. The molecule has 1 aliphatic carbocycles. The van der Waals surface area contributed by atoms with Crippen LogP contribution < -0.4 is 24.0 Å². The maximum atomic E-state index is 2.57. The molecule has 0 spiro atoms. The summed E-state index contributed by atoms with van der Waals surface area (Å²) in [5.74, 6) is 1.98. The zero-order valence-electron chi connectivity index (χ0n) is 12.4. The Morgan fingerprint density at radius 3 is 2.39 bits per heavy atom. The third-order valence-corrected chi connectivity index (χ3v) is 5.09. The summed E-state index contributed by atoms with van der Waals surface area (Å²) in [4.78, 5) is 0. The fourth-order valence-corrected chi connectivity index (χ4v) is 3.75. The van der Waals surface area contributed by atoms with Crippen molar-refractivity contribution < 1.29 is 28.5 Å². The molecule has 18 heavy (non-hydrogen) atoms. The molecule has 108 valence electrons. The van der Waals surface area contributed by atoms with Gasteiger partial charge < -0.3 is 28.5 Å². The van der Waals surface area contributed by atoms with Crippen molar-refractivity contribution in [3.8, 4) is 0 Å². The normalized spacial score (nSPS) is 25.1. The van der Waals surface area contributed by atoms with Crippen LogP contribution in [0.15, 0.2) is 11.6 Å². The van der Waals surface area contributed by atoms with Gasteiger partial charge in [0.2, 0.25) is 0 Å². The van der Waals surface area contributed by atoms with Crippen LogP contribution in [0.5, 0.6) is 0 Å². The molecule has 0 amide bonds. The Labute approximate surface area is 145 Å². The molecule has 0 radical (unpaired) electrons. The summed E-state index contributed by atoms with van der Waals surface area (Å²) in [6.07, 6.45) is 9.50. The van der Waals surface area contributed by atoms with Crippen LogP contribution in [0.4, 0.5) is 0 Å². The average molecular weight is 477 g/mol. The van der Waals surface area contributed by atoms with E-state index in [2.05, 4.69) is 56.7 Å². The van der Waals surface area contributed by atoms with Gasteiger partial charge in [-0.1, -0.05) is 40.7 Å². The van der Waals surface area contributed by atoms with Crippen LogP contribution in [0.1, 0.15) is 39.0 Å². The lowest BCUT2D eigenvalue weighted by atomic mass is 9.93. The molecule has 1 saturated carbocycles. The summed E-state index contributed by atoms with van der Waals surface area (Å²) < 4.78 is 2.43. The minimum absolute atomic E-state index is 0. The van der Waals surface area contributed by atoms with Crippen molar-refractivity contribution >= 4 is 22.6 Å². The van der Waals surface area contributed by atoms with E-state index in [0.29, 0.717) is 0 Å². The molecule has 0 N–H and O–H groups in total. The Hall–Kier alpha value is 1.16. The molecule has 0 aromatic carbocycles. The van der Waals surface area contributed by atoms with Gasteiger partial charge >= 0.3 is 0 Å². The van der Waals surface area contributed by atoms with E-state index in [1.807, 2.05) is 0 Å². The molecule has 0 unspecified atom stereocenters. The van der Waals surface area contributed by atoms with E-state index in [4.69, 9.17) is 0 Å². The minimum Gasteiger partial charge on any atom is -1.00 e. The van der Waals surface area contributed by atoms with Crippen LogP contribution in [0.2, 0.25) is 0 Å². The summed E-state index contributed by atoms with van der Waals surface area (Å²) >= 11 is 2.57. The Balaban J connectivity index is 0.00000289. The van der Waals surface area contributed by atoms with Crippen LogP contribution in [0, 0.1) is 11.8 Å². The third-order valence-electron chi connectivity index (χ3n) is 3.96. The van der Waals surface area contributed by atoms with Crippen molar-refractivity contribution in [2.75, 3.05) is 32.1 Å². The summed E-state index contributed by atoms with van der Waals surface area (Å²) in [7, 11) is 6.82. The lowest BCUT2D eigenvalue weighted by Gasteiger charge is -2.24. The summed E-state index contributed by atoms with van der Waals surface area (Å²) in [6, 6.07) is 0. The Kier molecular flexibility index (Phi) is 9.75. The molecule has 0 bridgehead atoms. The number of rotatable bonds is 6. The van der Waals surface area contributed by atoms with Crippen LogP contribution in [-0.2, 0) is 0 Å². The smallest absolute Gasteiger partial charge is 0.0818 e. The molecule has 1 fully saturated rings. The van der Waals surface area contributed by atoms with Crippen molar-refractivity contribution in [1.29, 1.82) is 0 Å². The van der Waals surface area contributed by atoms with Gasteiger partial charge in [-0.25, -0.2) is 0 Å². The monoisotopic (exact) mass is 477 g/mol. The van der Waals surface area contributed by atoms with Crippen molar-refractivity contribution in [1.82, 2.24) is 0 Å². The first-order valence-corrected chi connectivity index (χ1v) is 8.47. The van der Waals surface area contributed by atoms with Crippen molar-refractivity contribution in [3.05, 3.63) is 11.6 Å². The Bertz CT molecular complexity index is 256. The number of nitrogens with zero attached hydrogens (tertiary/aromatic N) is 1. The van der Waals surface area contributed by atoms with Crippen LogP contribution >= 0.6 is 22.6 Å². The second-order valence-corrected chi connectivity index (χ2v) is 7.54. The molecule has 0 aliphatic heterocycles. The lowest BCUT2D eigenvalue weighted by molar-refractivity contribution is -0.870. The molecule has 3 heteroatoms. The van der Waals surface area contributed by atoms with Gasteiger partial charge in [-0.3, -0.25) is 0 Å². The van der Waals surface area contributed by atoms with Gasteiger partial charge in [0.05, 0.1) is 27.7 Å². The second kappa shape index (κ2) is 9.16. The van der Waals surface area contributed by atoms with Gasteiger partial charge in [0.15, 0.2) is 0 Å². The highest BCUT2D eigenvalue weighted by Crippen LogP contribution is 2.35. The fraction of sp³-hybridized carbons (Fsp3) is 0.867. The number of allylic oxidation sites excluding steroid dienone is 1. The van der Waals surface area contributed by atoms with Crippen LogP contribution in [-0.4, -0.2) is 36.6 Å². The molecule has 1 rings (SSSR count). The SMILES string of the molecule is C/C(=C\C[C@@H]1CCC[C@H]1CI)CC[N+](C)(C)C.[I-]. The highest BCUT2D eigenvalue weighted by atomic mass is 127. The Morgan fingerprint density at radius 1 is 1.22 bits per heavy atom. The predicted octanol–water partition coefficient (Wildman–Crippen LogP) is 1.27. The third kappa shape index (κ3) is 7.68. The molecule has 2 atom stereocenters. The quantitative estimate of drug-likeness (QED) is 0.234. The van der Waals surface area contributed by atoms with Crippen molar-refractivity contribution in [2.24, 2.45) is 11.8 Å². The van der Waals surface area contributed by atoms with Crippen LogP contribution in [0.3, 0.4) is 0 Å². The number of halogens is 2. The number of alkyl halides is 1. The zero-order valence-corrected chi connectivity index (χ0v) is 16.7. The van der Waals surface area contributed by atoms with Gasteiger partial charge in [0.25, 0.3) is 0 Å². The molecule has 0 aromatic rings. The second-order valence-electron chi connectivity index (χ2n) is 6.66. The first kappa shape index (κ1) is 19.2. The minimum atomic E-state index is 0. The maximum absolute atomic E-state index is 2.57. The molecular formula is C15H29I2N. The summed E-state index contributed by atoms with van der Waals surface area (Å²) in [6.45, 7) is 3.56. The summed E-state index contributed by atoms with van der Waals surface area (Å²) in [5, 5.41) is 0. The van der Waals surface area contributed by atoms with E-state index in [9.17, 15) is 0 Å². The largest absolute Gasteiger partial charge is 1.00 e. The highest BCUT2D eigenvalue weighted by Gasteiger charge is 2.24. The van der Waals surface area contributed by atoms with Gasteiger partial charge in [-0.05, 0) is 38.0 Å².